The van der Waals surface area contributed by atoms with Crippen LogP contribution in [0.15, 0.2) is 16.6 Å². The molecule has 104 valence electrons. The number of halogens is 2. The van der Waals surface area contributed by atoms with Gasteiger partial charge in [-0.05, 0) is 60.3 Å². The van der Waals surface area contributed by atoms with Crippen LogP contribution in [0.4, 0.5) is 4.79 Å². The second kappa shape index (κ2) is 5.33. The van der Waals surface area contributed by atoms with Gasteiger partial charge in [0, 0.05) is 11.0 Å². The standard InChI is InChI=1S/C14H17BrClNO2/c1-14(2,3)19-13(18)17-7-6-9-4-5-11(15)12(16)10(9)8-17/h4-5H,6-8H2,1-3H3. The van der Waals surface area contributed by atoms with Crippen molar-refractivity contribution >= 4 is 33.6 Å². The molecular weight excluding hydrogens is 330 g/mol. The summed E-state index contributed by atoms with van der Waals surface area (Å²) in [6.07, 6.45) is 0.524. The van der Waals surface area contributed by atoms with Crippen LogP contribution in [0.3, 0.4) is 0 Å². The molecule has 0 N–H and O–H groups in total. The van der Waals surface area contributed by atoms with E-state index in [2.05, 4.69) is 22.0 Å². The van der Waals surface area contributed by atoms with Crippen molar-refractivity contribution in [2.45, 2.75) is 39.3 Å². The lowest BCUT2D eigenvalue weighted by Gasteiger charge is -2.31. The molecule has 1 heterocycles. The summed E-state index contributed by atoms with van der Waals surface area (Å²) in [6, 6.07) is 4.00. The zero-order chi connectivity index (χ0) is 14.2. The summed E-state index contributed by atoms with van der Waals surface area (Å²) in [5.74, 6) is 0. The Balaban J connectivity index is 2.18. The van der Waals surface area contributed by atoms with E-state index in [4.69, 9.17) is 16.3 Å². The number of nitrogens with zero attached hydrogens (tertiary/aromatic N) is 1. The van der Waals surface area contributed by atoms with Crippen LogP contribution >= 0.6 is 27.5 Å². The molecule has 0 bridgehead atoms. The first-order chi connectivity index (χ1) is 8.78. The number of rotatable bonds is 0. The maximum atomic E-state index is 12.1. The first-order valence-corrected chi connectivity index (χ1v) is 7.39. The van der Waals surface area contributed by atoms with Crippen molar-refractivity contribution in [2.24, 2.45) is 0 Å². The zero-order valence-electron chi connectivity index (χ0n) is 11.3. The molecule has 0 fully saturated rings. The van der Waals surface area contributed by atoms with Gasteiger partial charge >= 0.3 is 6.09 Å². The third-order valence-electron chi connectivity index (χ3n) is 2.94. The molecule has 0 aromatic heterocycles. The van der Waals surface area contributed by atoms with Crippen LogP contribution in [0.5, 0.6) is 0 Å². The van der Waals surface area contributed by atoms with Crippen LogP contribution in [0.25, 0.3) is 0 Å². The minimum Gasteiger partial charge on any atom is -0.444 e. The number of ether oxygens (including phenoxy) is 1. The molecule has 0 saturated carbocycles. The van der Waals surface area contributed by atoms with Crippen molar-refractivity contribution in [1.82, 2.24) is 4.90 Å². The van der Waals surface area contributed by atoms with Gasteiger partial charge in [0.15, 0.2) is 0 Å². The van der Waals surface area contributed by atoms with Gasteiger partial charge in [0.2, 0.25) is 0 Å². The van der Waals surface area contributed by atoms with Crippen molar-refractivity contribution < 1.29 is 9.53 Å². The third-order valence-corrected chi connectivity index (χ3v) is 4.27. The largest absolute Gasteiger partial charge is 0.444 e. The van der Waals surface area contributed by atoms with Crippen LogP contribution < -0.4 is 0 Å². The second-order valence-corrected chi connectivity index (χ2v) is 6.88. The maximum absolute atomic E-state index is 12.1. The van der Waals surface area contributed by atoms with Crippen molar-refractivity contribution in [2.75, 3.05) is 6.54 Å². The Morgan fingerprint density at radius 2 is 2.11 bits per heavy atom. The van der Waals surface area contributed by atoms with E-state index in [0.29, 0.717) is 18.1 Å². The first kappa shape index (κ1) is 14.7. The van der Waals surface area contributed by atoms with E-state index in [0.717, 1.165) is 16.5 Å². The fourth-order valence-corrected chi connectivity index (χ4v) is 2.66. The average Bonchev–Trinajstić information content (AvgIpc) is 2.31. The summed E-state index contributed by atoms with van der Waals surface area (Å²) in [4.78, 5) is 13.8. The summed E-state index contributed by atoms with van der Waals surface area (Å²) in [5.41, 5.74) is 1.74. The van der Waals surface area contributed by atoms with Crippen molar-refractivity contribution in [1.29, 1.82) is 0 Å². The molecule has 1 aromatic rings. The number of benzene rings is 1. The van der Waals surface area contributed by atoms with E-state index in [-0.39, 0.29) is 6.09 Å². The maximum Gasteiger partial charge on any atom is 0.410 e. The van der Waals surface area contributed by atoms with Crippen LogP contribution in [-0.2, 0) is 17.7 Å². The summed E-state index contributed by atoms with van der Waals surface area (Å²) in [7, 11) is 0. The fraction of sp³-hybridized carbons (Fsp3) is 0.500. The Morgan fingerprint density at radius 3 is 2.74 bits per heavy atom. The number of carbonyl (C=O) groups excluding carboxylic acids is 1. The molecule has 0 unspecified atom stereocenters. The van der Waals surface area contributed by atoms with Gasteiger partial charge in [0.05, 0.1) is 11.6 Å². The second-order valence-electron chi connectivity index (χ2n) is 5.65. The molecule has 1 aliphatic rings. The molecule has 1 aliphatic heterocycles. The minimum atomic E-state index is -0.474. The van der Waals surface area contributed by atoms with Crippen molar-refractivity contribution in [3.63, 3.8) is 0 Å². The number of fused-ring (bicyclic) bond motifs is 1. The van der Waals surface area contributed by atoms with Crippen LogP contribution in [0.1, 0.15) is 31.9 Å². The van der Waals surface area contributed by atoms with E-state index < -0.39 is 5.60 Å². The first-order valence-electron chi connectivity index (χ1n) is 6.21. The average molecular weight is 347 g/mol. The van der Waals surface area contributed by atoms with Crippen molar-refractivity contribution in [3.8, 4) is 0 Å². The third kappa shape index (κ3) is 3.42. The molecule has 0 radical (unpaired) electrons. The molecule has 1 aromatic carbocycles. The van der Waals surface area contributed by atoms with Crippen LogP contribution in [0.2, 0.25) is 5.02 Å². The van der Waals surface area contributed by atoms with Gasteiger partial charge in [-0.3, -0.25) is 0 Å². The molecule has 0 aliphatic carbocycles. The van der Waals surface area contributed by atoms with Gasteiger partial charge < -0.3 is 9.64 Å². The lowest BCUT2D eigenvalue weighted by molar-refractivity contribution is 0.0224. The van der Waals surface area contributed by atoms with E-state index in [1.54, 1.807) is 4.90 Å². The van der Waals surface area contributed by atoms with Gasteiger partial charge in [-0.1, -0.05) is 17.7 Å². The molecule has 0 saturated heterocycles. The van der Waals surface area contributed by atoms with E-state index in [9.17, 15) is 4.79 Å². The highest BCUT2D eigenvalue weighted by molar-refractivity contribution is 9.10. The molecule has 19 heavy (non-hydrogen) atoms. The van der Waals surface area contributed by atoms with E-state index in [1.807, 2.05) is 26.8 Å². The minimum absolute atomic E-state index is 0.283. The molecule has 1 amide bonds. The molecule has 0 spiro atoms. The highest BCUT2D eigenvalue weighted by Crippen LogP contribution is 2.32. The van der Waals surface area contributed by atoms with Gasteiger partial charge in [-0.2, -0.15) is 0 Å². The SMILES string of the molecule is CC(C)(C)OC(=O)N1CCc2ccc(Br)c(Cl)c2C1. The van der Waals surface area contributed by atoms with Crippen molar-refractivity contribution in [3.05, 3.63) is 32.8 Å². The summed E-state index contributed by atoms with van der Waals surface area (Å²) >= 11 is 9.70. The van der Waals surface area contributed by atoms with Crippen LogP contribution in [0, 0.1) is 0 Å². The molecular formula is C14H17BrClNO2. The fourth-order valence-electron chi connectivity index (χ4n) is 2.05. The van der Waals surface area contributed by atoms with Gasteiger partial charge in [0.25, 0.3) is 0 Å². The topological polar surface area (TPSA) is 29.5 Å². The van der Waals surface area contributed by atoms with Gasteiger partial charge in [-0.15, -0.1) is 0 Å². The Kier molecular flexibility index (Phi) is 4.11. The molecule has 2 rings (SSSR count). The number of hydrogen-bond acceptors (Lipinski definition) is 2. The van der Waals surface area contributed by atoms with Crippen LogP contribution in [-0.4, -0.2) is 23.1 Å². The normalized spacial score (nSPS) is 15.1. The Labute approximate surface area is 127 Å². The predicted octanol–water partition coefficient (Wildman–Crippen LogP) is 4.40. The number of amides is 1. The number of carbonyl (C=O) groups is 1. The quantitative estimate of drug-likeness (QED) is 0.697. The lowest BCUT2D eigenvalue weighted by atomic mass is 10.00. The Morgan fingerprint density at radius 1 is 1.42 bits per heavy atom. The summed E-state index contributed by atoms with van der Waals surface area (Å²) in [5, 5.41) is 0.686. The molecule has 5 heteroatoms. The van der Waals surface area contributed by atoms with E-state index in [1.165, 1.54) is 5.56 Å². The molecule has 3 nitrogen and oxygen atoms in total. The summed E-state index contributed by atoms with van der Waals surface area (Å²) < 4.78 is 6.25. The number of hydrogen-bond donors (Lipinski definition) is 0. The Bertz CT molecular complexity index is 511. The van der Waals surface area contributed by atoms with E-state index >= 15 is 0 Å². The highest BCUT2D eigenvalue weighted by atomic mass is 79.9. The van der Waals surface area contributed by atoms with Gasteiger partial charge in [0.1, 0.15) is 5.60 Å². The monoisotopic (exact) mass is 345 g/mol. The molecule has 0 atom stereocenters. The smallest absolute Gasteiger partial charge is 0.410 e. The highest BCUT2D eigenvalue weighted by Gasteiger charge is 2.27. The zero-order valence-corrected chi connectivity index (χ0v) is 13.6. The predicted molar refractivity (Wildman–Crippen MR) is 79.5 cm³/mol. The lowest BCUT2D eigenvalue weighted by Crippen LogP contribution is -2.40. The van der Waals surface area contributed by atoms with Gasteiger partial charge in [-0.25, -0.2) is 4.79 Å². The summed E-state index contributed by atoms with van der Waals surface area (Å²) in [6.45, 7) is 6.77. The Hall–Kier alpha value is -0.740.